The standard InChI is InChI=1S/C10H11ClN4O4/c11-10-12-1-4-8(14-10)15(3-13-4)9-7(18)6(17)5(2-16)19-9/h1,3,5-7,9,16-18H,2H2/t5-,6+,7+,9-/m0/s1. The first-order valence-corrected chi connectivity index (χ1v) is 5.97. The molecule has 3 heterocycles. The molecule has 9 heteroatoms. The lowest BCUT2D eigenvalue weighted by molar-refractivity contribution is -0.0511. The SMILES string of the molecule is OC[C@@H]1O[C@H](n2cnc3cnc(Cl)nc32)[C@H](O)[C@@H]1O. The molecule has 2 aromatic rings. The Bertz CT molecular complexity index is 606. The van der Waals surface area contributed by atoms with E-state index in [1.54, 1.807) is 0 Å². The van der Waals surface area contributed by atoms with Gasteiger partial charge in [-0.15, -0.1) is 0 Å². The number of halogens is 1. The lowest BCUT2D eigenvalue weighted by Gasteiger charge is -2.16. The molecule has 0 aromatic carbocycles. The van der Waals surface area contributed by atoms with Gasteiger partial charge in [0.2, 0.25) is 5.28 Å². The van der Waals surface area contributed by atoms with Gasteiger partial charge < -0.3 is 20.1 Å². The van der Waals surface area contributed by atoms with Gasteiger partial charge in [-0.2, -0.15) is 4.98 Å². The second kappa shape index (κ2) is 4.66. The van der Waals surface area contributed by atoms with Crippen molar-refractivity contribution in [2.45, 2.75) is 24.5 Å². The lowest BCUT2D eigenvalue weighted by atomic mass is 10.1. The number of hydrogen-bond acceptors (Lipinski definition) is 7. The summed E-state index contributed by atoms with van der Waals surface area (Å²) in [6.45, 7) is -0.392. The Hall–Kier alpha value is -1.32. The second-order valence-electron chi connectivity index (χ2n) is 4.23. The van der Waals surface area contributed by atoms with Crippen LogP contribution in [0.2, 0.25) is 5.28 Å². The van der Waals surface area contributed by atoms with Gasteiger partial charge >= 0.3 is 0 Å². The fourth-order valence-electron chi connectivity index (χ4n) is 2.10. The predicted octanol–water partition coefficient (Wildman–Crippen LogP) is -0.909. The van der Waals surface area contributed by atoms with E-state index in [-0.39, 0.29) is 5.28 Å². The third-order valence-electron chi connectivity index (χ3n) is 3.08. The summed E-state index contributed by atoms with van der Waals surface area (Å²) < 4.78 is 6.85. The Morgan fingerprint density at radius 1 is 1.32 bits per heavy atom. The molecule has 3 rings (SSSR count). The highest BCUT2D eigenvalue weighted by Crippen LogP contribution is 2.31. The van der Waals surface area contributed by atoms with Crippen LogP contribution in [-0.2, 0) is 4.74 Å². The summed E-state index contributed by atoms with van der Waals surface area (Å²) in [5.41, 5.74) is 0.872. The molecule has 8 nitrogen and oxygen atoms in total. The molecule has 3 N–H and O–H groups in total. The van der Waals surface area contributed by atoms with E-state index in [1.807, 2.05) is 0 Å². The maximum absolute atomic E-state index is 9.95. The van der Waals surface area contributed by atoms with E-state index in [9.17, 15) is 10.2 Å². The monoisotopic (exact) mass is 286 g/mol. The van der Waals surface area contributed by atoms with Crippen molar-refractivity contribution in [3.05, 3.63) is 17.8 Å². The molecular formula is C10H11ClN4O4. The molecule has 102 valence electrons. The molecule has 0 spiro atoms. The highest BCUT2D eigenvalue weighted by molar-refractivity contribution is 6.28. The van der Waals surface area contributed by atoms with Gasteiger partial charge in [0.25, 0.3) is 0 Å². The molecule has 0 amide bonds. The largest absolute Gasteiger partial charge is 0.394 e. The molecule has 1 saturated heterocycles. The normalized spacial score (nSPS) is 31.2. The van der Waals surface area contributed by atoms with Crippen molar-refractivity contribution in [1.82, 2.24) is 19.5 Å². The number of aliphatic hydroxyl groups excluding tert-OH is 3. The highest BCUT2D eigenvalue weighted by atomic mass is 35.5. The van der Waals surface area contributed by atoms with Crippen LogP contribution in [0.5, 0.6) is 0 Å². The molecule has 0 aliphatic carbocycles. The molecule has 1 aliphatic rings. The number of aromatic nitrogens is 4. The summed E-state index contributed by atoms with van der Waals surface area (Å²) in [5.74, 6) is 0. The number of nitrogens with zero attached hydrogens (tertiary/aromatic N) is 4. The first-order chi connectivity index (χ1) is 9.11. The summed E-state index contributed by atoms with van der Waals surface area (Å²) in [4.78, 5) is 11.9. The maximum Gasteiger partial charge on any atom is 0.224 e. The fourth-order valence-corrected chi connectivity index (χ4v) is 2.23. The first kappa shape index (κ1) is 12.7. The van der Waals surface area contributed by atoms with Crippen LogP contribution in [0.15, 0.2) is 12.5 Å². The average Bonchev–Trinajstić information content (AvgIpc) is 2.92. The van der Waals surface area contributed by atoms with Crippen LogP contribution in [0, 0.1) is 0 Å². The Labute approximate surface area is 112 Å². The number of aliphatic hydroxyl groups is 3. The van der Waals surface area contributed by atoms with E-state index in [1.165, 1.54) is 17.1 Å². The van der Waals surface area contributed by atoms with Crippen molar-refractivity contribution in [2.24, 2.45) is 0 Å². The molecule has 19 heavy (non-hydrogen) atoms. The van der Waals surface area contributed by atoms with Gasteiger partial charge in [-0.25, -0.2) is 9.97 Å². The zero-order valence-corrected chi connectivity index (χ0v) is 10.3. The number of fused-ring (bicyclic) bond motifs is 1. The summed E-state index contributed by atoms with van der Waals surface area (Å²) in [5, 5.41) is 28.8. The maximum atomic E-state index is 9.95. The minimum absolute atomic E-state index is 0.0426. The van der Waals surface area contributed by atoms with Crippen LogP contribution in [0.25, 0.3) is 11.2 Å². The molecule has 0 radical (unpaired) electrons. The first-order valence-electron chi connectivity index (χ1n) is 5.59. The van der Waals surface area contributed by atoms with E-state index in [0.717, 1.165) is 0 Å². The topological polar surface area (TPSA) is 114 Å². The molecular weight excluding hydrogens is 276 g/mol. The fraction of sp³-hybridized carbons (Fsp3) is 0.500. The molecule has 0 bridgehead atoms. The van der Waals surface area contributed by atoms with Crippen LogP contribution in [0.1, 0.15) is 6.23 Å². The summed E-state index contributed by atoms with van der Waals surface area (Å²) in [7, 11) is 0. The van der Waals surface area contributed by atoms with E-state index in [4.69, 9.17) is 21.4 Å². The zero-order valence-electron chi connectivity index (χ0n) is 9.59. The van der Waals surface area contributed by atoms with Crippen molar-refractivity contribution >= 4 is 22.8 Å². The Morgan fingerprint density at radius 3 is 2.79 bits per heavy atom. The highest BCUT2D eigenvalue weighted by Gasteiger charge is 2.43. The Kier molecular flexibility index (Phi) is 3.11. The van der Waals surface area contributed by atoms with Gasteiger partial charge in [0.15, 0.2) is 11.9 Å². The molecule has 1 aliphatic heterocycles. The van der Waals surface area contributed by atoms with Gasteiger partial charge in [0.05, 0.1) is 19.1 Å². The third-order valence-corrected chi connectivity index (χ3v) is 3.26. The van der Waals surface area contributed by atoms with E-state index in [0.29, 0.717) is 11.2 Å². The summed E-state index contributed by atoms with van der Waals surface area (Å²) in [6.07, 6.45) is -1.25. The van der Waals surface area contributed by atoms with Gasteiger partial charge in [0.1, 0.15) is 23.8 Å². The molecule has 2 aromatic heterocycles. The number of hydrogen-bond donors (Lipinski definition) is 3. The second-order valence-corrected chi connectivity index (χ2v) is 4.57. The van der Waals surface area contributed by atoms with Gasteiger partial charge in [-0.1, -0.05) is 0 Å². The van der Waals surface area contributed by atoms with Crippen molar-refractivity contribution < 1.29 is 20.1 Å². The van der Waals surface area contributed by atoms with Gasteiger partial charge in [-0.3, -0.25) is 4.57 Å². The van der Waals surface area contributed by atoms with E-state index in [2.05, 4.69) is 15.0 Å². The lowest BCUT2D eigenvalue weighted by Crippen LogP contribution is -2.33. The van der Waals surface area contributed by atoms with E-state index < -0.39 is 31.1 Å². The Morgan fingerprint density at radius 2 is 2.11 bits per heavy atom. The van der Waals surface area contributed by atoms with Crippen molar-refractivity contribution in [2.75, 3.05) is 6.61 Å². The van der Waals surface area contributed by atoms with Crippen LogP contribution in [-0.4, -0.2) is 59.8 Å². The number of rotatable bonds is 2. The molecule has 4 atom stereocenters. The smallest absolute Gasteiger partial charge is 0.224 e. The van der Waals surface area contributed by atoms with Crippen LogP contribution in [0.3, 0.4) is 0 Å². The quantitative estimate of drug-likeness (QED) is 0.613. The summed E-state index contributed by atoms with van der Waals surface area (Å²) in [6, 6.07) is 0. The van der Waals surface area contributed by atoms with Crippen molar-refractivity contribution in [3.8, 4) is 0 Å². The van der Waals surface area contributed by atoms with Crippen LogP contribution in [0.4, 0.5) is 0 Å². The molecule has 1 fully saturated rings. The van der Waals surface area contributed by atoms with Gasteiger partial charge in [0, 0.05) is 0 Å². The average molecular weight is 287 g/mol. The third kappa shape index (κ3) is 1.97. The Balaban J connectivity index is 2.03. The number of ether oxygens (including phenoxy) is 1. The van der Waals surface area contributed by atoms with Gasteiger partial charge in [-0.05, 0) is 11.6 Å². The number of imidazole rings is 1. The zero-order chi connectivity index (χ0) is 13.6. The minimum Gasteiger partial charge on any atom is -0.394 e. The van der Waals surface area contributed by atoms with Crippen LogP contribution < -0.4 is 0 Å². The van der Waals surface area contributed by atoms with Crippen LogP contribution >= 0.6 is 11.6 Å². The molecule has 0 unspecified atom stereocenters. The van der Waals surface area contributed by atoms with E-state index >= 15 is 0 Å². The summed E-state index contributed by atoms with van der Waals surface area (Å²) >= 11 is 5.72. The minimum atomic E-state index is -1.19. The molecule has 0 saturated carbocycles. The van der Waals surface area contributed by atoms with Crippen molar-refractivity contribution in [3.63, 3.8) is 0 Å². The predicted molar refractivity (Wildman–Crippen MR) is 63.3 cm³/mol. The van der Waals surface area contributed by atoms with Crippen molar-refractivity contribution in [1.29, 1.82) is 0 Å².